The topological polar surface area (TPSA) is 84.2 Å². The minimum Gasteiger partial charge on any atom is -0.366 e. The number of carbonyl (C=O) groups excluding carboxylic acids is 2. The minimum absolute atomic E-state index is 0.0685. The number of carbonyl (C=O) groups is 2. The maximum Gasteiger partial charge on any atom is 0.248 e. The van der Waals surface area contributed by atoms with E-state index in [9.17, 15) is 9.59 Å². The van der Waals surface area contributed by atoms with Gasteiger partial charge in [0.25, 0.3) is 0 Å². The standard InChI is InChI=1S/C24H33N3O2/c1-6-16(4)18-7-9-19(10-8-18)22(15(2)3)26-17(5)24(29)27-21-13-11-20(12-14-21)23(25)28/h7-17,22,26H,6H2,1-5H3,(H2,25,28)(H,27,29)/t16-,17-,22-/m0/s1. The van der Waals surface area contributed by atoms with Crippen molar-refractivity contribution in [3.05, 3.63) is 65.2 Å². The first-order chi connectivity index (χ1) is 13.7. The Morgan fingerprint density at radius 1 is 0.897 bits per heavy atom. The molecule has 0 bridgehead atoms. The zero-order valence-corrected chi connectivity index (χ0v) is 18.0. The molecule has 29 heavy (non-hydrogen) atoms. The lowest BCUT2D eigenvalue weighted by Crippen LogP contribution is -2.41. The van der Waals surface area contributed by atoms with Gasteiger partial charge in [0.05, 0.1) is 6.04 Å². The molecule has 0 spiro atoms. The molecule has 0 aliphatic rings. The molecule has 4 N–H and O–H groups in total. The second-order valence-corrected chi connectivity index (χ2v) is 8.02. The van der Waals surface area contributed by atoms with Crippen LogP contribution in [0.5, 0.6) is 0 Å². The molecule has 0 aromatic heterocycles. The first-order valence-corrected chi connectivity index (χ1v) is 10.3. The quantitative estimate of drug-likeness (QED) is 0.579. The van der Waals surface area contributed by atoms with Crippen LogP contribution in [0.15, 0.2) is 48.5 Å². The van der Waals surface area contributed by atoms with Crippen LogP contribution in [0.3, 0.4) is 0 Å². The van der Waals surface area contributed by atoms with Gasteiger partial charge in [-0.15, -0.1) is 0 Å². The van der Waals surface area contributed by atoms with E-state index in [1.807, 2.05) is 6.92 Å². The summed E-state index contributed by atoms with van der Waals surface area (Å²) in [6.07, 6.45) is 1.11. The Morgan fingerprint density at radius 2 is 1.45 bits per heavy atom. The third kappa shape index (κ3) is 6.16. The summed E-state index contributed by atoms with van der Waals surface area (Å²) in [4.78, 5) is 23.8. The number of hydrogen-bond acceptors (Lipinski definition) is 3. The highest BCUT2D eigenvalue weighted by Gasteiger charge is 2.22. The number of hydrogen-bond donors (Lipinski definition) is 3. The Bertz CT molecular complexity index is 813. The van der Waals surface area contributed by atoms with Crippen molar-refractivity contribution < 1.29 is 9.59 Å². The molecular formula is C24H33N3O2. The number of anilines is 1. The molecule has 0 heterocycles. The summed E-state index contributed by atoms with van der Waals surface area (Å²) in [7, 11) is 0. The third-order valence-corrected chi connectivity index (χ3v) is 5.40. The first-order valence-electron chi connectivity index (χ1n) is 10.3. The van der Waals surface area contributed by atoms with Crippen LogP contribution in [0.2, 0.25) is 0 Å². The Labute approximate surface area is 174 Å². The largest absolute Gasteiger partial charge is 0.366 e. The fourth-order valence-electron chi connectivity index (χ4n) is 3.25. The molecule has 2 aromatic carbocycles. The van der Waals surface area contributed by atoms with E-state index < -0.39 is 5.91 Å². The predicted octanol–water partition coefficient (Wildman–Crippen LogP) is 4.61. The summed E-state index contributed by atoms with van der Waals surface area (Å²) in [5.74, 6) is 0.255. The van der Waals surface area contributed by atoms with Gasteiger partial charge in [-0.3, -0.25) is 14.9 Å². The lowest BCUT2D eigenvalue weighted by molar-refractivity contribution is -0.118. The predicted molar refractivity (Wildman–Crippen MR) is 119 cm³/mol. The highest BCUT2D eigenvalue weighted by atomic mass is 16.2. The van der Waals surface area contributed by atoms with Crippen LogP contribution in [0.1, 0.15) is 74.5 Å². The molecule has 2 rings (SSSR count). The zero-order chi connectivity index (χ0) is 21.6. The van der Waals surface area contributed by atoms with Crippen LogP contribution in [0, 0.1) is 5.92 Å². The van der Waals surface area contributed by atoms with Gasteiger partial charge in [-0.05, 0) is 60.6 Å². The van der Waals surface area contributed by atoms with Gasteiger partial charge >= 0.3 is 0 Å². The normalized spacial score (nSPS) is 14.3. The highest BCUT2D eigenvalue weighted by Crippen LogP contribution is 2.26. The average Bonchev–Trinajstić information content (AvgIpc) is 2.71. The second kappa shape index (κ2) is 10.2. The van der Waals surface area contributed by atoms with E-state index in [1.165, 1.54) is 11.1 Å². The van der Waals surface area contributed by atoms with E-state index in [1.54, 1.807) is 24.3 Å². The number of rotatable bonds is 9. The summed E-state index contributed by atoms with van der Waals surface area (Å²) in [5, 5.41) is 6.34. The fraction of sp³-hybridized carbons (Fsp3) is 0.417. The molecule has 0 fully saturated rings. The SMILES string of the molecule is CC[C@H](C)c1ccc([C@@H](N[C@@H](C)C(=O)Nc2ccc(C(N)=O)cc2)C(C)C)cc1. The summed E-state index contributed by atoms with van der Waals surface area (Å²) in [6.45, 7) is 10.6. The lowest BCUT2D eigenvalue weighted by atomic mass is 9.91. The molecule has 5 heteroatoms. The zero-order valence-electron chi connectivity index (χ0n) is 18.0. The van der Waals surface area contributed by atoms with E-state index in [-0.39, 0.29) is 18.0 Å². The van der Waals surface area contributed by atoms with Crippen LogP contribution < -0.4 is 16.4 Å². The van der Waals surface area contributed by atoms with Crippen LogP contribution in [0.25, 0.3) is 0 Å². The first kappa shape index (κ1) is 22.6. The number of amides is 2. The Morgan fingerprint density at radius 3 is 1.93 bits per heavy atom. The molecule has 0 radical (unpaired) electrons. The summed E-state index contributed by atoms with van der Waals surface area (Å²) >= 11 is 0. The minimum atomic E-state index is -0.489. The van der Waals surface area contributed by atoms with Crippen LogP contribution >= 0.6 is 0 Å². The van der Waals surface area contributed by atoms with Crippen LogP contribution in [0.4, 0.5) is 5.69 Å². The van der Waals surface area contributed by atoms with E-state index >= 15 is 0 Å². The van der Waals surface area contributed by atoms with E-state index in [0.29, 0.717) is 23.1 Å². The van der Waals surface area contributed by atoms with Crippen molar-refractivity contribution in [2.24, 2.45) is 11.7 Å². The Kier molecular flexibility index (Phi) is 7.97. The molecule has 156 valence electrons. The number of nitrogens with two attached hydrogens (primary N) is 1. The van der Waals surface area contributed by atoms with Gasteiger partial charge in [-0.1, -0.05) is 52.0 Å². The second-order valence-electron chi connectivity index (χ2n) is 8.02. The van der Waals surface area contributed by atoms with Crippen LogP contribution in [-0.2, 0) is 4.79 Å². The number of primary amides is 1. The van der Waals surface area contributed by atoms with Crippen molar-refractivity contribution in [2.75, 3.05) is 5.32 Å². The molecule has 2 aromatic rings. The van der Waals surface area contributed by atoms with Gasteiger partial charge in [0, 0.05) is 17.3 Å². The molecule has 2 amide bonds. The number of nitrogens with one attached hydrogen (secondary N) is 2. The van der Waals surface area contributed by atoms with Crippen molar-refractivity contribution in [3.8, 4) is 0 Å². The van der Waals surface area contributed by atoms with Crippen molar-refractivity contribution in [1.82, 2.24) is 5.32 Å². The molecule has 0 aliphatic carbocycles. The molecule has 3 atom stereocenters. The lowest BCUT2D eigenvalue weighted by Gasteiger charge is -2.27. The van der Waals surface area contributed by atoms with Crippen LogP contribution in [-0.4, -0.2) is 17.9 Å². The van der Waals surface area contributed by atoms with E-state index in [2.05, 4.69) is 62.6 Å². The van der Waals surface area contributed by atoms with Gasteiger partial charge in [-0.25, -0.2) is 0 Å². The van der Waals surface area contributed by atoms with Crippen molar-refractivity contribution in [2.45, 2.75) is 59.0 Å². The van der Waals surface area contributed by atoms with Crippen molar-refractivity contribution in [3.63, 3.8) is 0 Å². The monoisotopic (exact) mass is 395 g/mol. The Hall–Kier alpha value is -2.66. The fourth-order valence-corrected chi connectivity index (χ4v) is 3.25. The average molecular weight is 396 g/mol. The van der Waals surface area contributed by atoms with Gasteiger partial charge in [0.2, 0.25) is 11.8 Å². The van der Waals surface area contributed by atoms with Gasteiger partial charge in [-0.2, -0.15) is 0 Å². The smallest absolute Gasteiger partial charge is 0.248 e. The third-order valence-electron chi connectivity index (χ3n) is 5.40. The maximum atomic E-state index is 12.6. The molecule has 0 aliphatic heterocycles. The van der Waals surface area contributed by atoms with Gasteiger partial charge in [0.15, 0.2) is 0 Å². The van der Waals surface area contributed by atoms with Gasteiger partial charge in [0.1, 0.15) is 0 Å². The summed E-state index contributed by atoms with van der Waals surface area (Å²) in [5.41, 5.74) is 8.81. The molecule has 5 nitrogen and oxygen atoms in total. The molecule has 0 saturated carbocycles. The summed E-state index contributed by atoms with van der Waals surface area (Å²) < 4.78 is 0. The van der Waals surface area contributed by atoms with Gasteiger partial charge < -0.3 is 11.1 Å². The summed E-state index contributed by atoms with van der Waals surface area (Å²) in [6, 6.07) is 14.9. The van der Waals surface area contributed by atoms with E-state index in [4.69, 9.17) is 5.73 Å². The molecule has 0 unspecified atom stereocenters. The molecular weight excluding hydrogens is 362 g/mol. The highest BCUT2D eigenvalue weighted by molar-refractivity contribution is 5.96. The van der Waals surface area contributed by atoms with Crippen molar-refractivity contribution >= 4 is 17.5 Å². The number of benzene rings is 2. The Balaban J connectivity index is 2.05. The van der Waals surface area contributed by atoms with Crippen molar-refractivity contribution in [1.29, 1.82) is 0 Å². The maximum absolute atomic E-state index is 12.6. The molecule has 0 saturated heterocycles. The van der Waals surface area contributed by atoms with E-state index in [0.717, 1.165) is 6.42 Å².